The molecule has 0 radical (unpaired) electrons. The van der Waals surface area contributed by atoms with Gasteiger partial charge in [0.05, 0.1) is 12.5 Å². The summed E-state index contributed by atoms with van der Waals surface area (Å²) in [6.07, 6.45) is 2.57. The SMILES string of the molecule is O=C(O)C1CCN(C(=O)CCCCOc2ccc(Br)cc2)C1. The molecule has 1 aromatic carbocycles. The number of carboxylic acids is 1. The van der Waals surface area contributed by atoms with E-state index in [0.29, 0.717) is 32.5 Å². The standard InChI is InChI=1S/C16H20BrNO4/c17-13-4-6-14(7-5-13)22-10-2-1-3-15(19)18-9-8-12(11-18)16(20)21/h4-7,12H,1-3,8-11H2,(H,20,21). The van der Waals surface area contributed by atoms with Gasteiger partial charge in [-0.2, -0.15) is 0 Å². The van der Waals surface area contributed by atoms with Gasteiger partial charge in [-0.15, -0.1) is 0 Å². The second kappa shape index (κ2) is 8.17. The molecule has 22 heavy (non-hydrogen) atoms. The van der Waals surface area contributed by atoms with Crippen molar-refractivity contribution in [2.75, 3.05) is 19.7 Å². The summed E-state index contributed by atoms with van der Waals surface area (Å²) in [5.74, 6) is -0.339. The Morgan fingerprint density at radius 3 is 2.64 bits per heavy atom. The Bertz CT molecular complexity index is 517. The lowest BCUT2D eigenvalue weighted by Crippen LogP contribution is -2.29. The minimum atomic E-state index is -0.807. The number of amides is 1. The van der Waals surface area contributed by atoms with Crippen molar-refractivity contribution in [1.29, 1.82) is 0 Å². The van der Waals surface area contributed by atoms with E-state index < -0.39 is 11.9 Å². The minimum Gasteiger partial charge on any atom is -0.494 e. The quantitative estimate of drug-likeness (QED) is 0.750. The number of carbonyl (C=O) groups excluding carboxylic acids is 1. The smallest absolute Gasteiger partial charge is 0.308 e. The van der Waals surface area contributed by atoms with E-state index in [1.54, 1.807) is 4.90 Å². The summed E-state index contributed by atoms with van der Waals surface area (Å²) in [4.78, 5) is 24.5. The van der Waals surface area contributed by atoms with E-state index in [1.165, 1.54) is 0 Å². The van der Waals surface area contributed by atoms with Crippen LogP contribution < -0.4 is 4.74 Å². The molecule has 1 saturated heterocycles. The maximum Gasteiger partial charge on any atom is 0.308 e. The maximum atomic E-state index is 12.0. The summed E-state index contributed by atoms with van der Waals surface area (Å²) in [6.45, 7) is 1.49. The normalized spacial score (nSPS) is 17.5. The number of aliphatic carboxylic acids is 1. The van der Waals surface area contributed by atoms with Gasteiger partial charge in [-0.25, -0.2) is 0 Å². The molecule has 0 aromatic heterocycles. The number of carboxylic acid groups (broad SMARTS) is 1. The fourth-order valence-corrected chi connectivity index (χ4v) is 2.71. The first-order chi connectivity index (χ1) is 10.6. The first-order valence-electron chi connectivity index (χ1n) is 7.45. The van der Waals surface area contributed by atoms with Gasteiger partial charge in [0.25, 0.3) is 0 Å². The lowest BCUT2D eigenvalue weighted by Gasteiger charge is -2.15. The Morgan fingerprint density at radius 1 is 1.27 bits per heavy atom. The average molecular weight is 370 g/mol. The van der Waals surface area contributed by atoms with Gasteiger partial charge < -0.3 is 14.7 Å². The summed E-state index contributed by atoms with van der Waals surface area (Å²) in [7, 11) is 0. The van der Waals surface area contributed by atoms with Gasteiger partial charge in [0, 0.05) is 24.0 Å². The number of hydrogen-bond acceptors (Lipinski definition) is 3. The largest absolute Gasteiger partial charge is 0.494 e. The predicted molar refractivity (Wildman–Crippen MR) is 85.8 cm³/mol. The number of rotatable bonds is 7. The van der Waals surface area contributed by atoms with Crippen molar-refractivity contribution in [2.45, 2.75) is 25.7 Å². The number of nitrogens with zero attached hydrogens (tertiary/aromatic N) is 1. The van der Waals surface area contributed by atoms with Crippen LogP contribution in [-0.2, 0) is 9.59 Å². The van der Waals surface area contributed by atoms with Crippen molar-refractivity contribution in [1.82, 2.24) is 4.90 Å². The van der Waals surface area contributed by atoms with Crippen LogP contribution in [-0.4, -0.2) is 41.6 Å². The highest BCUT2D eigenvalue weighted by atomic mass is 79.9. The molecule has 0 bridgehead atoms. The molecule has 120 valence electrons. The first-order valence-corrected chi connectivity index (χ1v) is 8.24. The molecule has 1 N–H and O–H groups in total. The predicted octanol–water partition coefficient (Wildman–Crippen LogP) is 2.93. The van der Waals surface area contributed by atoms with Crippen LogP contribution in [0.4, 0.5) is 0 Å². The van der Waals surface area contributed by atoms with Crippen LogP contribution in [0.2, 0.25) is 0 Å². The molecule has 1 amide bonds. The number of benzene rings is 1. The Kier molecular flexibility index (Phi) is 6.24. The van der Waals surface area contributed by atoms with Crippen LogP contribution >= 0.6 is 15.9 Å². The van der Waals surface area contributed by atoms with E-state index in [0.717, 1.165) is 23.1 Å². The van der Waals surface area contributed by atoms with Gasteiger partial charge in [0.1, 0.15) is 5.75 Å². The molecule has 1 unspecified atom stereocenters. The Balaban J connectivity index is 1.59. The molecule has 6 heteroatoms. The Labute approximate surface area is 138 Å². The summed E-state index contributed by atoms with van der Waals surface area (Å²) in [6, 6.07) is 7.63. The van der Waals surface area contributed by atoms with Crippen LogP contribution in [0.25, 0.3) is 0 Å². The van der Waals surface area contributed by atoms with Crippen LogP contribution in [0.5, 0.6) is 5.75 Å². The van der Waals surface area contributed by atoms with E-state index in [1.807, 2.05) is 24.3 Å². The van der Waals surface area contributed by atoms with E-state index in [-0.39, 0.29) is 5.91 Å². The van der Waals surface area contributed by atoms with Crippen LogP contribution in [0.15, 0.2) is 28.7 Å². The van der Waals surface area contributed by atoms with E-state index in [9.17, 15) is 9.59 Å². The number of hydrogen-bond donors (Lipinski definition) is 1. The van der Waals surface area contributed by atoms with Gasteiger partial charge in [0.15, 0.2) is 0 Å². The molecule has 0 spiro atoms. The number of unbranched alkanes of at least 4 members (excludes halogenated alkanes) is 1. The fourth-order valence-electron chi connectivity index (χ4n) is 2.45. The fraction of sp³-hybridized carbons (Fsp3) is 0.500. The lowest BCUT2D eigenvalue weighted by molar-refractivity contribution is -0.141. The first kappa shape index (κ1) is 16.8. The molecule has 1 atom stereocenters. The molecule has 0 saturated carbocycles. The highest BCUT2D eigenvalue weighted by Gasteiger charge is 2.30. The third-order valence-electron chi connectivity index (χ3n) is 3.76. The minimum absolute atomic E-state index is 0.0485. The lowest BCUT2D eigenvalue weighted by atomic mass is 10.1. The van der Waals surface area contributed by atoms with Crippen molar-refractivity contribution >= 4 is 27.8 Å². The van der Waals surface area contributed by atoms with Crippen LogP contribution in [0.1, 0.15) is 25.7 Å². The van der Waals surface area contributed by atoms with Gasteiger partial charge in [-0.3, -0.25) is 9.59 Å². The van der Waals surface area contributed by atoms with Crippen LogP contribution in [0.3, 0.4) is 0 Å². The number of halogens is 1. The molecule has 5 nitrogen and oxygen atoms in total. The van der Waals surface area contributed by atoms with E-state index in [2.05, 4.69) is 15.9 Å². The molecule has 1 aliphatic heterocycles. The van der Waals surface area contributed by atoms with Crippen molar-refractivity contribution in [2.24, 2.45) is 5.92 Å². The third kappa shape index (κ3) is 5.02. The van der Waals surface area contributed by atoms with Crippen molar-refractivity contribution in [3.63, 3.8) is 0 Å². The molecule has 0 aliphatic carbocycles. The van der Waals surface area contributed by atoms with Crippen molar-refractivity contribution < 1.29 is 19.4 Å². The van der Waals surface area contributed by atoms with Crippen LogP contribution in [0, 0.1) is 5.92 Å². The number of ether oxygens (including phenoxy) is 1. The molecule has 1 aromatic rings. The molecular formula is C16H20BrNO4. The van der Waals surface area contributed by atoms with Crippen molar-refractivity contribution in [3.8, 4) is 5.75 Å². The van der Waals surface area contributed by atoms with Crippen molar-refractivity contribution in [3.05, 3.63) is 28.7 Å². The van der Waals surface area contributed by atoms with Gasteiger partial charge in [0.2, 0.25) is 5.91 Å². The monoisotopic (exact) mass is 369 g/mol. The molecule has 2 rings (SSSR count). The highest BCUT2D eigenvalue weighted by Crippen LogP contribution is 2.18. The summed E-state index contributed by atoms with van der Waals surface area (Å²) < 4.78 is 6.60. The topological polar surface area (TPSA) is 66.8 Å². The zero-order valence-electron chi connectivity index (χ0n) is 12.3. The second-order valence-electron chi connectivity index (χ2n) is 5.42. The third-order valence-corrected chi connectivity index (χ3v) is 4.29. The molecule has 1 aliphatic rings. The second-order valence-corrected chi connectivity index (χ2v) is 6.34. The summed E-state index contributed by atoms with van der Waals surface area (Å²) in [5.41, 5.74) is 0. The Hall–Kier alpha value is -1.56. The highest BCUT2D eigenvalue weighted by molar-refractivity contribution is 9.10. The average Bonchev–Trinajstić information content (AvgIpc) is 2.99. The number of carbonyl (C=O) groups is 2. The number of likely N-dealkylation sites (tertiary alicyclic amines) is 1. The summed E-state index contributed by atoms with van der Waals surface area (Å²) in [5, 5.41) is 8.93. The molecule has 1 fully saturated rings. The molecule has 1 heterocycles. The van der Waals surface area contributed by atoms with Gasteiger partial charge >= 0.3 is 5.97 Å². The molecular weight excluding hydrogens is 350 g/mol. The van der Waals surface area contributed by atoms with Gasteiger partial charge in [-0.05, 0) is 43.5 Å². The Morgan fingerprint density at radius 2 is 2.00 bits per heavy atom. The zero-order valence-corrected chi connectivity index (χ0v) is 13.9. The van der Waals surface area contributed by atoms with E-state index >= 15 is 0 Å². The van der Waals surface area contributed by atoms with Gasteiger partial charge in [-0.1, -0.05) is 15.9 Å². The summed E-state index contributed by atoms with van der Waals surface area (Å²) >= 11 is 3.37. The maximum absolute atomic E-state index is 12.0. The zero-order chi connectivity index (χ0) is 15.9. The van der Waals surface area contributed by atoms with E-state index in [4.69, 9.17) is 9.84 Å².